The Morgan fingerprint density at radius 1 is 0.556 bits per heavy atom. The van der Waals surface area contributed by atoms with Gasteiger partial charge in [-0.1, -0.05) is 58.8 Å². The predicted molar refractivity (Wildman–Crippen MR) is 79.4 cm³/mol. The van der Waals surface area contributed by atoms with Gasteiger partial charge >= 0.3 is 0 Å². The molecule has 0 rings (SSSR count). The summed E-state index contributed by atoms with van der Waals surface area (Å²) in [4.78, 5) is 0. The molecule has 0 aromatic rings. The molecule has 0 aliphatic rings. The van der Waals surface area contributed by atoms with Crippen LogP contribution in [-0.4, -0.2) is 31.7 Å². The van der Waals surface area contributed by atoms with Crippen molar-refractivity contribution in [2.24, 2.45) is 0 Å². The van der Waals surface area contributed by atoms with E-state index in [0.29, 0.717) is 0 Å². The highest BCUT2D eigenvalue weighted by molar-refractivity contribution is 4.47. The molecular weight excluding hydrogens is 242 g/mol. The maximum atomic E-state index is 2.37. The zero-order valence-electron chi connectivity index (χ0n) is 13.3. The van der Waals surface area contributed by atoms with Gasteiger partial charge in [0.25, 0.3) is 0 Å². The van der Waals surface area contributed by atoms with Crippen LogP contribution in [0.1, 0.15) is 78.1 Å². The van der Waals surface area contributed by atoms with Gasteiger partial charge in [-0.05, 0) is 19.3 Å². The molecule has 0 aromatic heterocycles. The minimum atomic E-state index is 0. The van der Waals surface area contributed by atoms with Gasteiger partial charge in [0.1, 0.15) is 0 Å². The first-order chi connectivity index (χ1) is 8.12. The Kier molecular flexibility index (Phi) is 15.6. The summed E-state index contributed by atoms with van der Waals surface area (Å²) in [5.41, 5.74) is 0. The van der Waals surface area contributed by atoms with E-state index in [9.17, 15) is 0 Å². The number of hydrogen-bond donors (Lipinski definition) is 0. The fourth-order valence-corrected chi connectivity index (χ4v) is 2.57. The average molecular weight is 278 g/mol. The van der Waals surface area contributed by atoms with Crippen molar-refractivity contribution in [3.63, 3.8) is 0 Å². The lowest BCUT2D eigenvalue weighted by atomic mass is 10.1. The van der Waals surface area contributed by atoms with Crippen LogP contribution in [0, 0.1) is 0 Å². The number of rotatable bonds is 12. The van der Waals surface area contributed by atoms with E-state index in [4.69, 9.17) is 0 Å². The molecule has 2 heteroatoms. The molecule has 18 heavy (non-hydrogen) atoms. The number of unbranched alkanes of at least 4 members (excludes halogenated alkanes) is 8. The molecule has 0 heterocycles. The van der Waals surface area contributed by atoms with Gasteiger partial charge < -0.3 is 16.9 Å². The molecule has 0 bridgehead atoms. The highest BCUT2D eigenvalue weighted by Crippen LogP contribution is 2.11. The molecule has 0 unspecified atom stereocenters. The lowest BCUT2D eigenvalue weighted by Gasteiger charge is -2.29. The fourth-order valence-electron chi connectivity index (χ4n) is 2.57. The van der Waals surface area contributed by atoms with E-state index in [2.05, 4.69) is 27.9 Å². The lowest BCUT2D eigenvalue weighted by molar-refractivity contribution is -0.890. The van der Waals surface area contributed by atoms with Gasteiger partial charge in [-0.15, -0.1) is 0 Å². The quantitative estimate of drug-likeness (QED) is 0.378. The van der Waals surface area contributed by atoms with Gasteiger partial charge in [0, 0.05) is 0 Å². The topological polar surface area (TPSA) is 0 Å². The number of halogens is 1. The first-order valence-corrected chi connectivity index (χ1v) is 7.94. The molecule has 0 saturated carbocycles. The first kappa shape index (κ1) is 20.6. The summed E-state index contributed by atoms with van der Waals surface area (Å²) in [5.74, 6) is 0. The van der Waals surface area contributed by atoms with E-state index in [1.54, 1.807) is 0 Å². The highest BCUT2D eigenvalue weighted by atomic mass is 35.5. The van der Waals surface area contributed by atoms with Crippen molar-refractivity contribution < 1.29 is 16.9 Å². The fraction of sp³-hybridized carbons (Fsp3) is 1.00. The molecule has 0 aromatic carbocycles. The van der Waals surface area contributed by atoms with Gasteiger partial charge in [-0.2, -0.15) is 0 Å². The number of hydrogen-bond acceptors (Lipinski definition) is 0. The van der Waals surface area contributed by atoms with Crippen molar-refractivity contribution in [3.05, 3.63) is 0 Å². The van der Waals surface area contributed by atoms with Crippen LogP contribution in [0.2, 0.25) is 0 Å². The summed E-state index contributed by atoms with van der Waals surface area (Å²) in [6, 6.07) is 0. The zero-order chi connectivity index (χ0) is 13.0. The molecule has 1 nitrogen and oxygen atoms in total. The van der Waals surface area contributed by atoms with E-state index in [1.807, 2.05) is 0 Å². The van der Waals surface area contributed by atoms with Gasteiger partial charge in [0.2, 0.25) is 0 Å². The summed E-state index contributed by atoms with van der Waals surface area (Å²) < 4.78 is 1.22. The lowest BCUT2D eigenvalue weighted by Crippen LogP contribution is -3.00. The van der Waals surface area contributed by atoms with E-state index in [-0.39, 0.29) is 12.4 Å². The Balaban J connectivity index is 0. The van der Waals surface area contributed by atoms with E-state index < -0.39 is 0 Å². The largest absolute Gasteiger partial charge is 1.00 e. The molecule has 0 amide bonds. The zero-order valence-corrected chi connectivity index (χ0v) is 14.1. The summed E-state index contributed by atoms with van der Waals surface area (Å²) in [5, 5.41) is 0. The van der Waals surface area contributed by atoms with Crippen LogP contribution in [0.4, 0.5) is 0 Å². The summed E-state index contributed by atoms with van der Waals surface area (Å²) in [6.45, 7) is 7.27. The van der Waals surface area contributed by atoms with Crippen LogP contribution >= 0.6 is 0 Å². The van der Waals surface area contributed by atoms with Gasteiger partial charge in [-0.25, -0.2) is 0 Å². The van der Waals surface area contributed by atoms with Crippen LogP contribution in [0.15, 0.2) is 0 Å². The number of nitrogens with zero attached hydrogens (tertiary/aromatic N) is 1. The van der Waals surface area contributed by atoms with Gasteiger partial charge in [0.15, 0.2) is 0 Å². The first-order valence-electron chi connectivity index (χ1n) is 7.94. The molecule has 0 atom stereocenters. The van der Waals surface area contributed by atoms with Crippen LogP contribution < -0.4 is 12.4 Å². The minimum absolute atomic E-state index is 0. The maximum Gasteiger partial charge on any atom is 0.0782 e. The Labute approximate surface area is 122 Å². The highest BCUT2D eigenvalue weighted by Gasteiger charge is 2.11. The molecule has 0 saturated heterocycles. The minimum Gasteiger partial charge on any atom is -1.00 e. The van der Waals surface area contributed by atoms with E-state index in [1.165, 1.54) is 81.8 Å². The van der Waals surface area contributed by atoms with Crippen molar-refractivity contribution in [2.75, 3.05) is 27.2 Å². The molecule has 112 valence electrons. The smallest absolute Gasteiger partial charge is 0.0782 e. The molecular formula is C16H36ClN. The van der Waals surface area contributed by atoms with Crippen molar-refractivity contribution in [1.82, 2.24) is 0 Å². The van der Waals surface area contributed by atoms with Crippen LogP contribution in [0.5, 0.6) is 0 Å². The average Bonchev–Trinajstić information content (AvgIpc) is 2.27. The van der Waals surface area contributed by atoms with Crippen molar-refractivity contribution in [1.29, 1.82) is 0 Å². The van der Waals surface area contributed by atoms with Crippen LogP contribution in [0.25, 0.3) is 0 Å². The summed E-state index contributed by atoms with van der Waals surface area (Å²) >= 11 is 0. The third-order valence-corrected chi connectivity index (χ3v) is 3.70. The third kappa shape index (κ3) is 14.3. The predicted octanol–water partition coefficient (Wildman–Crippen LogP) is 2.01. The monoisotopic (exact) mass is 277 g/mol. The third-order valence-electron chi connectivity index (χ3n) is 3.70. The SMILES string of the molecule is CCCCCCCCCCC[N+](C)(C)CCC.[Cl-]. The molecule has 0 radical (unpaired) electrons. The molecule has 0 spiro atoms. The van der Waals surface area contributed by atoms with Gasteiger partial charge in [-0.3, -0.25) is 0 Å². The second-order valence-electron chi connectivity index (χ2n) is 6.21. The Bertz CT molecular complexity index is 157. The second-order valence-corrected chi connectivity index (χ2v) is 6.21. The van der Waals surface area contributed by atoms with Crippen molar-refractivity contribution in [3.8, 4) is 0 Å². The van der Waals surface area contributed by atoms with E-state index in [0.717, 1.165) is 0 Å². The molecule has 0 N–H and O–H groups in total. The molecule has 0 aliphatic carbocycles. The molecule has 0 aliphatic heterocycles. The van der Waals surface area contributed by atoms with Crippen LogP contribution in [0.3, 0.4) is 0 Å². The summed E-state index contributed by atoms with van der Waals surface area (Å²) in [7, 11) is 4.74. The maximum absolute atomic E-state index is 2.37. The van der Waals surface area contributed by atoms with Crippen LogP contribution in [-0.2, 0) is 0 Å². The second kappa shape index (κ2) is 13.7. The Hall–Kier alpha value is 0.250. The van der Waals surface area contributed by atoms with Crippen molar-refractivity contribution in [2.45, 2.75) is 78.1 Å². The van der Waals surface area contributed by atoms with Gasteiger partial charge in [0.05, 0.1) is 27.2 Å². The number of quaternary nitrogens is 1. The normalized spacial score (nSPS) is 11.3. The van der Waals surface area contributed by atoms with Crippen molar-refractivity contribution >= 4 is 0 Å². The standard InChI is InChI=1S/C16H36N.ClH/c1-5-7-8-9-10-11-12-13-14-16-17(3,4)15-6-2;/h5-16H2,1-4H3;1H/q+1;/p-1. The Morgan fingerprint density at radius 2 is 1.00 bits per heavy atom. The summed E-state index contributed by atoms with van der Waals surface area (Å²) in [6.07, 6.45) is 14.3. The molecule has 0 fully saturated rings. The van der Waals surface area contributed by atoms with E-state index >= 15 is 0 Å². The Morgan fingerprint density at radius 3 is 1.44 bits per heavy atom.